The maximum absolute atomic E-state index is 14.8. The van der Waals surface area contributed by atoms with Gasteiger partial charge in [0.25, 0.3) is 5.79 Å². The number of benzene rings is 2. The molecule has 41 heavy (non-hydrogen) atoms. The van der Waals surface area contributed by atoms with Crippen LogP contribution in [0.3, 0.4) is 0 Å². The van der Waals surface area contributed by atoms with Crippen LogP contribution < -0.4 is 9.47 Å². The molecule has 2 fully saturated rings. The Kier molecular flexibility index (Phi) is 7.30. The minimum Gasteiger partial charge on any atom is -0.478 e. The average Bonchev–Trinajstić information content (AvgIpc) is 3.50. The van der Waals surface area contributed by atoms with Crippen molar-refractivity contribution in [3.05, 3.63) is 82.2 Å². The maximum atomic E-state index is 14.8. The number of para-hydroxylation sites is 1. The first-order valence-corrected chi connectivity index (χ1v) is 14.3. The number of piperidine rings is 1. The minimum absolute atomic E-state index is 0.201. The van der Waals surface area contributed by atoms with Crippen molar-refractivity contribution in [1.29, 1.82) is 0 Å². The third-order valence-electron chi connectivity index (χ3n) is 8.48. The zero-order valence-electron chi connectivity index (χ0n) is 23.1. The Morgan fingerprint density at radius 2 is 2.02 bits per heavy atom. The number of ether oxygens (including phenoxy) is 3. The molecule has 1 aromatic heterocycles. The Bertz CT molecular complexity index is 1490. The highest BCUT2D eigenvalue weighted by atomic mass is 35.5. The molecular weight excluding hydrogens is 549 g/mol. The molecule has 3 aliphatic rings. The van der Waals surface area contributed by atoms with Gasteiger partial charge in [-0.3, -0.25) is 4.90 Å². The number of halogens is 2. The van der Waals surface area contributed by atoms with Crippen molar-refractivity contribution in [1.82, 2.24) is 14.5 Å². The molecular formula is C31H33ClFN3O5. The number of fused-ring (bicyclic) bond motifs is 1. The van der Waals surface area contributed by atoms with Crippen LogP contribution in [0, 0.1) is 5.82 Å². The number of nitrogens with zero attached hydrogens (tertiary/aromatic N) is 3. The predicted octanol–water partition coefficient (Wildman–Crippen LogP) is 5.98. The number of hydrogen-bond acceptors (Lipinski definition) is 6. The summed E-state index contributed by atoms with van der Waals surface area (Å²) in [6, 6.07) is 10.4. The summed E-state index contributed by atoms with van der Waals surface area (Å²) in [5.41, 5.74) is 1.93. The highest BCUT2D eigenvalue weighted by Gasteiger charge is 2.45. The largest absolute Gasteiger partial charge is 0.478 e. The summed E-state index contributed by atoms with van der Waals surface area (Å²) in [5.74, 6) is -0.302. The summed E-state index contributed by atoms with van der Waals surface area (Å²) < 4.78 is 35.1. The van der Waals surface area contributed by atoms with Gasteiger partial charge in [-0.05, 0) is 75.0 Å². The van der Waals surface area contributed by atoms with E-state index in [0.717, 1.165) is 61.9 Å². The molecule has 8 nitrogen and oxygen atoms in total. The van der Waals surface area contributed by atoms with Gasteiger partial charge < -0.3 is 23.9 Å². The van der Waals surface area contributed by atoms with Gasteiger partial charge in [0.15, 0.2) is 11.5 Å². The molecule has 1 unspecified atom stereocenters. The van der Waals surface area contributed by atoms with E-state index in [1.807, 2.05) is 12.1 Å². The second kappa shape index (κ2) is 10.8. The van der Waals surface area contributed by atoms with Crippen LogP contribution in [0.2, 0.25) is 5.02 Å². The smallest absolute Gasteiger partial charge is 0.328 e. The zero-order chi connectivity index (χ0) is 28.8. The van der Waals surface area contributed by atoms with E-state index in [0.29, 0.717) is 35.2 Å². The molecule has 0 bridgehead atoms. The van der Waals surface area contributed by atoms with Crippen molar-refractivity contribution >= 4 is 23.6 Å². The molecule has 0 amide bonds. The number of likely N-dealkylation sites (tertiary alicyclic amines) is 1. The second-order valence-corrected chi connectivity index (χ2v) is 11.7. The van der Waals surface area contributed by atoms with Gasteiger partial charge in [0, 0.05) is 30.7 Å². The monoisotopic (exact) mass is 581 g/mol. The number of carboxylic acid groups (broad SMARTS) is 1. The molecule has 0 radical (unpaired) electrons. The Morgan fingerprint density at radius 1 is 1.24 bits per heavy atom. The number of carbonyl (C=O) groups is 1. The zero-order valence-corrected chi connectivity index (χ0v) is 23.9. The fraction of sp³-hybridized carbons (Fsp3) is 0.419. The van der Waals surface area contributed by atoms with Crippen molar-refractivity contribution in [2.24, 2.45) is 0 Å². The number of aromatic nitrogens is 2. The van der Waals surface area contributed by atoms with Crippen LogP contribution >= 0.6 is 11.6 Å². The van der Waals surface area contributed by atoms with Crippen LogP contribution in [-0.2, 0) is 28.4 Å². The lowest BCUT2D eigenvalue weighted by Gasteiger charge is -2.32. The molecule has 1 N–H and O–H groups in total. The summed E-state index contributed by atoms with van der Waals surface area (Å²) in [7, 11) is 1.73. The lowest BCUT2D eigenvalue weighted by Crippen LogP contribution is -2.34. The van der Waals surface area contributed by atoms with E-state index in [1.54, 1.807) is 38.4 Å². The van der Waals surface area contributed by atoms with E-state index in [9.17, 15) is 9.18 Å². The van der Waals surface area contributed by atoms with Crippen molar-refractivity contribution in [3.8, 4) is 11.5 Å². The first-order valence-electron chi connectivity index (χ1n) is 13.9. The minimum atomic E-state index is -1.28. The molecule has 1 saturated heterocycles. The second-order valence-electron chi connectivity index (χ2n) is 11.2. The van der Waals surface area contributed by atoms with E-state index < -0.39 is 17.6 Å². The van der Waals surface area contributed by atoms with Crippen molar-refractivity contribution in [3.63, 3.8) is 0 Å². The predicted molar refractivity (Wildman–Crippen MR) is 152 cm³/mol. The summed E-state index contributed by atoms with van der Waals surface area (Å²) in [6.45, 7) is 4.76. The number of imidazole rings is 1. The van der Waals surface area contributed by atoms with Gasteiger partial charge >= 0.3 is 5.97 Å². The molecule has 216 valence electrons. The van der Waals surface area contributed by atoms with Crippen molar-refractivity contribution in [2.45, 2.75) is 63.0 Å². The Hall–Kier alpha value is -3.40. The first kappa shape index (κ1) is 27.8. The fourth-order valence-corrected chi connectivity index (χ4v) is 6.08. The van der Waals surface area contributed by atoms with Crippen LogP contribution in [0.25, 0.3) is 6.08 Å². The summed E-state index contributed by atoms with van der Waals surface area (Å²) in [6.07, 6.45) is 8.26. The normalized spacial score (nSPS) is 22.0. The highest BCUT2D eigenvalue weighted by molar-refractivity contribution is 6.30. The van der Waals surface area contributed by atoms with Gasteiger partial charge in [-0.15, -0.1) is 0 Å². The van der Waals surface area contributed by atoms with Crippen molar-refractivity contribution in [2.75, 3.05) is 20.2 Å². The highest BCUT2D eigenvalue weighted by Crippen LogP contribution is 2.50. The van der Waals surface area contributed by atoms with Crippen LogP contribution in [0.4, 0.5) is 4.39 Å². The summed E-state index contributed by atoms with van der Waals surface area (Å²) >= 11 is 5.96. The van der Waals surface area contributed by atoms with E-state index in [-0.39, 0.29) is 11.5 Å². The number of hydrogen-bond donors (Lipinski definition) is 1. The van der Waals surface area contributed by atoms with Crippen LogP contribution in [-0.4, -0.2) is 51.3 Å². The fourth-order valence-electron chi connectivity index (χ4n) is 5.92. The van der Waals surface area contributed by atoms with E-state index in [1.165, 1.54) is 6.07 Å². The third-order valence-corrected chi connectivity index (χ3v) is 8.71. The molecule has 0 spiro atoms. The molecule has 1 saturated carbocycles. The Labute approximate surface area is 243 Å². The number of aliphatic carboxylic acids is 1. The molecule has 2 aliphatic heterocycles. The number of rotatable bonds is 9. The van der Waals surface area contributed by atoms with Crippen LogP contribution in [0.5, 0.6) is 11.5 Å². The lowest BCUT2D eigenvalue weighted by molar-refractivity contribution is -0.131. The standard InChI is InChI=1S/C31H33ClFN3O5/c1-30(24-8-6-21(32)16-25(24)33)40-26-5-3-4-23(29(26)41-30)20-10-14-35(15-11-20)18-27-34-17-22(7-9-28(37)38)36(27)19-31(39-2)12-13-31/h3-9,16-17,20H,10-15,18-19H2,1-2H3,(H,37,38)/b9-7+. The molecule has 3 heterocycles. The first-order chi connectivity index (χ1) is 19.7. The van der Waals surface area contributed by atoms with E-state index in [4.69, 9.17) is 30.9 Å². The quantitative estimate of drug-likeness (QED) is 0.311. The van der Waals surface area contributed by atoms with Gasteiger partial charge in [-0.25, -0.2) is 14.2 Å². The van der Waals surface area contributed by atoms with Crippen molar-refractivity contribution < 1.29 is 28.5 Å². The van der Waals surface area contributed by atoms with Gasteiger partial charge in [0.2, 0.25) is 0 Å². The van der Waals surface area contributed by atoms with Crippen LogP contribution in [0.15, 0.2) is 48.7 Å². The summed E-state index contributed by atoms with van der Waals surface area (Å²) in [5, 5.41) is 9.44. The topological polar surface area (TPSA) is 86.0 Å². The van der Waals surface area contributed by atoms with Gasteiger partial charge in [-0.2, -0.15) is 0 Å². The van der Waals surface area contributed by atoms with E-state index >= 15 is 0 Å². The average molecular weight is 582 g/mol. The number of methoxy groups -OCH3 is 1. The SMILES string of the molecule is COC1(Cn2c(/C=C/C(=O)O)cnc2CN2CCC(c3cccc4c3OC(C)(c3ccc(Cl)cc3F)O4)CC2)CC1. The lowest BCUT2D eigenvalue weighted by atomic mass is 9.88. The maximum Gasteiger partial charge on any atom is 0.328 e. The van der Waals surface area contributed by atoms with Gasteiger partial charge in [0.1, 0.15) is 11.6 Å². The number of carboxylic acids is 1. The molecule has 6 rings (SSSR count). The third kappa shape index (κ3) is 5.58. The van der Waals surface area contributed by atoms with Gasteiger partial charge in [0.05, 0.1) is 36.1 Å². The molecule has 10 heteroatoms. The molecule has 3 aromatic rings. The van der Waals surface area contributed by atoms with E-state index in [2.05, 4.69) is 20.5 Å². The van der Waals surface area contributed by atoms with Crippen LogP contribution in [0.1, 0.15) is 61.2 Å². The summed E-state index contributed by atoms with van der Waals surface area (Å²) in [4.78, 5) is 18.2. The Balaban J connectivity index is 1.15. The Morgan fingerprint density at radius 3 is 2.71 bits per heavy atom. The van der Waals surface area contributed by atoms with Gasteiger partial charge in [-0.1, -0.05) is 23.7 Å². The molecule has 1 aliphatic carbocycles. The molecule has 1 atom stereocenters. The molecule has 2 aromatic carbocycles.